The molecular weight excluding hydrogens is 299 g/mol. The van der Waals surface area contributed by atoms with Crippen molar-refractivity contribution in [1.29, 1.82) is 5.26 Å². The Kier molecular flexibility index (Phi) is 6.88. The molecule has 1 aliphatic rings. The second-order valence-electron chi connectivity index (χ2n) is 4.66. The van der Waals surface area contributed by atoms with Crippen LogP contribution >= 0.6 is 12.2 Å². The van der Waals surface area contributed by atoms with Gasteiger partial charge in [0.2, 0.25) is 0 Å². The van der Waals surface area contributed by atoms with E-state index in [4.69, 9.17) is 17.5 Å². The molecule has 2 rings (SSSR count). The van der Waals surface area contributed by atoms with Crippen molar-refractivity contribution >= 4 is 23.0 Å². The van der Waals surface area contributed by atoms with Crippen LogP contribution in [0.4, 0.5) is 5.69 Å². The van der Waals surface area contributed by atoms with Crippen LogP contribution in [0, 0.1) is 17.2 Å². The molecule has 3 unspecified atom stereocenters. The van der Waals surface area contributed by atoms with Gasteiger partial charge in [-0.15, -0.1) is 0 Å². The quantitative estimate of drug-likeness (QED) is 0.451. The molecule has 7 heteroatoms. The smallest absolute Gasteiger partial charge is 0.835 e. The average Bonchev–Trinajstić information content (AvgIpc) is 2.38. The summed E-state index contributed by atoms with van der Waals surface area (Å²) in [6.45, 7) is 0. The molecule has 0 aliphatic carbocycles. The Morgan fingerprint density at radius 2 is 1.85 bits per heavy atom. The van der Waals surface area contributed by atoms with Gasteiger partial charge in [0.15, 0.2) is 5.11 Å². The second kappa shape index (κ2) is 7.70. The molecule has 1 aromatic carbocycles. The molecule has 1 heterocycles. The van der Waals surface area contributed by atoms with Crippen LogP contribution < -0.4 is 72.0 Å². The molecule has 0 radical (unpaired) electrons. The Morgan fingerprint density at radius 1 is 1.25 bits per heavy atom. The van der Waals surface area contributed by atoms with E-state index in [9.17, 15) is 5.11 Å². The third-order valence-electron chi connectivity index (χ3n) is 3.16. The van der Waals surface area contributed by atoms with Crippen molar-refractivity contribution in [2.75, 3.05) is 19.0 Å². The molecule has 1 aliphatic heterocycles. The van der Waals surface area contributed by atoms with E-state index < -0.39 is 12.1 Å². The summed E-state index contributed by atoms with van der Waals surface area (Å²) in [5, 5.41) is 26.8. The van der Waals surface area contributed by atoms with Crippen molar-refractivity contribution in [3.05, 3.63) is 29.8 Å². The van der Waals surface area contributed by atoms with Crippen molar-refractivity contribution in [3.63, 3.8) is 0 Å². The van der Waals surface area contributed by atoms with Gasteiger partial charge in [0.25, 0.3) is 0 Å². The van der Waals surface area contributed by atoms with Crippen molar-refractivity contribution < 1.29 is 56.5 Å². The Bertz CT molecular complexity index is 514. The number of nitrogens with one attached hydrogen (secondary N) is 2. The SMILES string of the molecule is CN(C)c1ccc(C2NC(=S)NC([O-])C2C#N)cc1.[K+]. The molecule has 1 saturated heterocycles. The minimum atomic E-state index is -1.20. The molecule has 1 aromatic rings. The molecule has 3 atom stereocenters. The number of nitrogens with zero attached hydrogens (tertiary/aromatic N) is 2. The van der Waals surface area contributed by atoms with E-state index >= 15 is 0 Å². The maximum absolute atomic E-state index is 11.8. The molecule has 0 aromatic heterocycles. The van der Waals surface area contributed by atoms with Gasteiger partial charge < -0.3 is 20.6 Å². The first kappa shape index (κ1) is 17.8. The minimum Gasteiger partial charge on any atom is -0.835 e. The third-order valence-corrected chi connectivity index (χ3v) is 3.40. The minimum absolute atomic E-state index is 0. The van der Waals surface area contributed by atoms with Gasteiger partial charge in [-0.2, -0.15) is 5.26 Å². The first-order valence-corrected chi connectivity index (χ1v) is 6.33. The monoisotopic (exact) mass is 314 g/mol. The van der Waals surface area contributed by atoms with E-state index in [1.807, 2.05) is 43.3 Å². The summed E-state index contributed by atoms with van der Waals surface area (Å²) in [5.41, 5.74) is 1.95. The third kappa shape index (κ3) is 3.92. The summed E-state index contributed by atoms with van der Waals surface area (Å²) >= 11 is 4.99. The molecule has 0 spiro atoms. The summed E-state index contributed by atoms with van der Waals surface area (Å²) in [5.74, 6) is -0.697. The summed E-state index contributed by atoms with van der Waals surface area (Å²) in [6, 6.07) is 9.43. The topological polar surface area (TPSA) is 74.2 Å². The van der Waals surface area contributed by atoms with Crippen molar-refractivity contribution in [1.82, 2.24) is 10.6 Å². The summed E-state index contributed by atoms with van der Waals surface area (Å²) in [4.78, 5) is 1.99. The van der Waals surface area contributed by atoms with Crippen molar-refractivity contribution in [3.8, 4) is 6.07 Å². The van der Waals surface area contributed by atoms with E-state index in [2.05, 4.69) is 16.7 Å². The molecule has 100 valence electrons. The van der Waals surface area contributed by atoms with E-state index in [0.717, 1.165) is 11.3 Å². The zero-order chi connectivity index (χ0) is 14.0. The molecular formula is C13H15KN4OS. The van der Waals surface area contributed by atoms with Crippen LogP contribution in [0.2, 0.25) is 0 Å². The largest absolute Gasteiger partial charge is 1.00 e. The average molecular weight is 314 g/mol. The fourth-order valence-electron chi connectivity index (χ4n) is 2.08. The van der Waals surface area contributed by atoms with Crippen LogP contribution in [-0.4, -0.2) is 25.4 Å². The van der Waals surface area contributed by atoms with Gasteiger partial charge >= 0.3 is 51.4 Å². The van der Waals surface area contributed by atoms with Gasteiger partial charge in [0.1, 0.15) is 0 Å². The summed E-state index contributed by atoms with van der Waals surface area (Å²) in [6.07, 6.45) is -1.20. The Morgan fingerprint density at radius 3 is 2.35 bits per heavy atom. The molecule has 1 fully saturated rings. The number of thiocarbonyl (C=S) groups is 1. The van der Waals surface area contributed by atoms with E-state index in [-0.39, 0.29) is 57.4 Å². The fraction of sp³-hybridized carbons (Fsp3) is 0.385. The Labute approximate surface area is 166 Å². The van der Waals surface area contributed by atoms with Gasteiger partial charge in [0.05, 0.1) is 18.0 Å². The van der Waals surface area contributed by atoms with Gasteiger partial charge in [-0.3, -0.25) is 0 Å². The van der Waals surface area contributed by atoms with Gasteiger partial charge in [-0.1, -0.05) is 12.1 Å². The van der Waals surface area contributed by atoms with Crippen molar-refractivity contribution in [2.45, 2.75) is 12.3 Å². The Hall–Kier alpha value is -0.204. The van der Waals surface area contributed by atoms with E-state index in [0.29, 0.717) is 5.11 Å². The van der Waals surface area contributed by atoms with Crippen LogP contribution in [0.25, 0.3) is 0 Å². The zero-order valence-electron chi connectivity index (χ0n) is 11.8. The maximum atomic E-state index is 11.8. The maximum Gasteiger partial charge on any atom is 1.00 e. The predicted molar refractivity (Wildman–Crippen MR) is 75.3 cm³/mol. The van der Waals surface area contributed by atoms with Gasteiger partial charge in [-0.05, 0) is 36.1 Å². The van der Waals surface area contributed by atoms with Gasteiger partial charge in [-0.25, -0.2) is 0 Å². The molecule has 0 saturated carbocycles. The number of benzene rings is 1. The van der Waals surface area contributed by atoms with Crippen LogP contribution in [-0.2, 0) is 0 Å². The van der Waals surface area contributed by atoms with Gasteiger partial charge in [0, 0.05) is 19.8 Å². The van der Waals surface area contributed by atoms with E-state index in [1.54, 1.807) is 0 Å². The first-order valence-electron chi connectivity index (χ1n) is 5.92. The number of nitriles is 1. The number of rotatable bonds is 2. The van der Waals surface area contributed by atoms with E-state index in [1.165, 1.54) is 0 Å². The molecule has 0 bridgehead atoms. The second-order valence-corrected chi connectivity index (χ2v) is 5.07. The fourth-order valence-corrected chi connectivity index (χ4v) is 2.32. The van der Waals surface area contributed by atoms with Crippen LogP contribution in [0.5, 0.6) is 0 Å². The molecule has 5 nitrogen and oxygen atoms in total. The number of anilines is 1. The molecule has 2 N–H and O–H groups in total. The molecule has 20 heavy (non-hydrogen) atoms. The summed E-state index contributed by atoms with van der Waals surface area (Å²) in [7, 11) is 3.91. The Balaban J connectivity index is 0.00000200. The standard InChI is InChI=1S/C13H15N4OS.K/c1-17(2)9-5-3-8(4-6-9)11-10(7-14)12(18)16-13(19)15-11;/h3-6,10-12H,1-2H3,(H2,15,16,19);/q-1;+1. The number of hydrogen-bond donors (Lipinski definition) is 2. The van der Waals surface area contributed by atoms with Crippen LogP contribution in [0.15, 0.2) is 24.3 Å². The van der Waals surface area contributed by atoms with Crippen molar-refractivity contribution in [2.24, 2.45) is 5.92 Å². The first-order chi connectivity index (χ1) is 9.02. The molecule has 0 amide bonds. The van der Waals surface area contributed by atoms with Crippen LogP contribution in [0.1, 0.15) is 11.6 Å². The number of hydrogen-bond acceptors (Lipinski definition) is 4. The summed E-state index contributed by atoms with van der Waals surface area (Å²) < 4.78 is 0. The zero-order valence-corrected chi connectivity index (χ0v) is 15.7. The predicted octanol–water partition coefficient (Wildman–Crippen LogP) is -2.90. The normalized spacial score (nSPS) is 24.7. The van der Waals surface area contributed by atoms with Crippen LogP contribution in [0.3, 0.4) is 0 Å².